The van der Waals surface area contributed by atoms with Gasteiger partial charge >= 0.3 is 5.97 Å². The number of rotatable bonds is 3. The van der Waals surface area contributed by atoms with E-state index in [1.165, 1.54) is 32.0 Å². The number of Topliss-reactive ketones (excluding diaryl/α,β-unsaturated/α-hetero) is 2. The van der Waals surface area contributed by atoms with Crippen molar-refractivity contribution in [1.29, 1.82) is 0 Å². The zero-order valence-corrected chi connectivity index (χ0v) is 8.40. The number of aromatic carboxylic acids is 1. The first-order valence-electron chi connectivity index (χ1n) is 4.33. The van der Waals surface area contributed by atoms with Crippen LogP contribution in [0.25, 0.3) is 0 Å². The number of hydrogen-bond acceptors (Lipinski definition) is 3. The molecule has 0 saturated carbocycles. The molecule has 78 valence electrons. The average molecular weight is 206 g/mol. The molecule has 0 heterocycles. The van der Waals surface area contributed by atoms with E-state index in [0.29, 0.717) is 0 Å². The fourth-order valence-electron chi connectivity index (χ4n) is 1.40. The van der Waals surface area contributed by atoms with Crippen LogP contribution in [0.1, 0.15) is 44.9 Å². The maximum Gasteiger partial charge on any atom is 0.336 e. The number of benzene rings is 1. The zero-order valence-electron chi connectivity index (χ0n) is 8.40. The van der Waals surface area contributed by atoms with Crippen molar-refractivity contribution in [2.45, 2.75) is 13.8 Å². The molecule has 0 spiro atoms. The predicted molar refractivity (Wildman–Crippen MR) is 53.4 cm³/mol. The van der Waals surface area contributed by atoms with Gasteiger partial charge in [0.2, 0.25) is 0 Å². The molecular weight excluding hydrogens is 196 g/mol. The number of carbonyl (C=O) groups excluding carboxylic acids is 2. The van der Waals surface area contributed by atoms with Gasteiger partial charge in [0, 0.05) is 11.1 Å². The van der Waals surface area contributed by atoms with Crippen molar-refractivity contribution in [2.75, 3.05) is 0 Å². The Kier molecular flexibility index (Phi) is 2.99. The Balaban J connectivity index is 3.56. The molecule has 0 aliphatic heterocycles. The number of hydrogen-bond donors (Lipinski definition) is 1. The summed E-state index contributed by atoms with van der Waals surface area (Å²) in [6.45, 7) is 2.54. The van der Waals surface area contributed by atoms with E-state index in [1.54, 1.807) is 0 Å². The van der Waals surface area contributed by atoms with Gasteiger partial charge in [0.05, 0.1) is 5.56 Å². The highest BCUT2D eigenvalue weighted by molar-refractivity contribution is 6.12. The summed E-state index contributed by atoms with van der Waals surface area (Å²) in [5.74, 6) is -1.94. The molecule has 0 atom stereocenters. The Morgan fingerprint density at radius 1 is 1.00 bits per heavy atom. The van der Waals surface area contributed by atoms with E-state index < -0.39 is 11.8 Å². The third-order valence-corrected chi connectivity index (χ3v) is 2.03. The highest BCUT2D eigenvalue weighted by Crippen LogP contribution is 2.16. The standard InChI is InChI=1S/C11H10O4/c1-6(12)8-4-3-5-9(11(14)15)10(8)7(2)13/h3-5H,1-2H3,(H,14,15). The van der Waals surface area contributed by atoms with E-state index in [4.69, 9.17) is 5.11 Å². The summed E-state index contributed by atoms with van der Waals surface area (Å²) in [5, 5.41) is 8.86. The smallest absolute Gasteiger partial charge is 0.336 e. The highest BCUT2D eigenvalue weighted by atomic mass is 16.4. The minimum Gasteiger partial charge on any atom is -0.478 e. The lowest BCUT2D eigenvalue weighted by Crippen LogP contribution is -2.11. The van der Waals surface area contributed by atoms with Crippen LogP contribution in [0.15, 0.2) is 18.2 Å². The molecule has 0 aliphatic rings. The minimum absolute atomic E-state index is 0.0162. The maximum atomic E-state index is 11.3. The van der Waals surface area contributed by atoms with Crippen LogP contribution in [0.2, 0.25) is 0 Å². The monoisotopic (exact) mass is 206 g/mol. The number of carboxylic acid groups (broad SMARTS) is 1. The van der Waals surface area contributed by atoms with E-state index >= 15 is 0 Å². The van der Waals surface area contributed by atoms with E-state index in [-0.39, 0.29) is 22.5 Å². The normalized spacial score (nSPS) is 9.73. The Hall–Kier alpha value is -1.97. The molecule has 4 nitrogen and oxygen atoms in total. The quantitative estimate of drug-likeness (QED) is 0.765. The van der Waals surface area contributed by atoms with Crippen molar-refractivity contribution in [2.24, 2.45) is 0 Å². The maximum absolute atomic E-state index is 11.3. The average Bonchev–Trinajstić information content (AvgIpc) is 2.16. The van der Waals surface area contributed by atoms with Crippen LogP contribution in [0.4, 0.5) is 0 Å². The number of carbonyl (C=O) groups is 3. The van der Waals surface area contributed by atoms with Crippen molar-refractivity contribution < 1.29 is 19.5 Å². The summed E-state index contributed by atoms with van der Waals surface area (Å²) < 4.78 is 0. The van der Waals surface area contributed by atoms with Crippen LogP contribution < -0.4 is 0 Å². The van der Waals surface area contributed by atoms with Crippen LogP contribution >= 0.6 is 0 Å². The van der Waals surface area contributed by atoms with Gasteiger partial charge in [0.1, 0.15) is 0 Å². The fourth-order valence-corrected chi connectivity index (χ4v) is 1.40. The summed E-state index contributed by atoms with van der Waals surface area (Å²) in [6.07, 6.45) is 0. The molecule has 15 heavy (non-hydrogen) atoms. The molecule has 1 N–H and O–H groups in total. The molecule has 1 aromatic rings. The van der Waals surface area contributed by atoms with Crippen LogP contribution in [-0.4, -0.2) is 22.6 Å². The third-order valence-electron chi connectivity index (χ3n) is 2.03. The lowest BCUT2D eigenvalue weighted by molar-refractivity contribution is 0.0692. The molecule has 0 fully saturated rings. The first-order chi connectivity index (χ1) is 6.95. The topological polar surface area (TPSA) is 71.4 Å². The molecule has 1 aromatic carbocycles. The van der Waals surface area contributed by atoms with Crippen LogP contribution in [0, 0.1) is 0 Å². The summed E-state index contributed by atoms with van der Waals surface area (Å²) in [6, 6.07) is 4.21. The van der Waals surface area contributed by atoms with Crippen LogP contribution in [-0.2, 0) is 0 Å². The van der Waals surface area contributed by atoms with Crippen molar-refractivity contribution in [3.8, 4) is 0 Å². The van der Waals surface area contributed by atoms with Crippen molar-refractivity contribution >= 4 is 17.5 Å². The third kappa shape index (κ3) is 2.10. The lowest BCUT2D eigenvalue weighted by atomic mass is 9.96. The van der Waals surface area contributed by atoms with Gasteiger partial charge in [0.15, 0.2) is 11.6 Å². The molecule has 1 rings (SSSR count). The molecule has 0 amide bonds. The summed E-state index contributed by atoms with van der Waals surface area (Å²) >= 11 is 0. The highest BCUT2D eigenvalue weighted by Gasteiger charge is 2.19. The molecule has 0 saturated heterocycles. The molecule has 4 heteroatoms. The second-order valence-corrected chi connectivity index (χ2v) is 3.15. The van der Waals surface area contributed by atoms with Crippen LogP contribution in [0.5, 0.6) is 0 Å². The van der Waals surface area contributed by atoms with E-state index in [1.807, 2.05) is 0 Å². The van der Waals surface area contributed by atoms with Crippen LogP contribution in [0.3, 0.4) is 0 Å². The van der Waals surface area contributed by atoms with Gasteiger partial charge in [-0.1, -0.05) is 12.1 Å². The fraction of sp³-hybridized carbons (Fsp3) is 0.182. The molecule has 0 aliphatic carbocycles. The van der Waals surface area contributed by atoms with Gasteiger partial charge in [0.25, 0.3) is 0 Å². The largest absolute Gasteiger partial charge is 0.478 e. The second kappa shape index (κ2) is 4.04. The van der Waals surface area contributed by atoms with Gasteiger partial charge in [-0.2, -0.15) is 0 Å². The summed E-state index contributed by atoms with van der Waals surface area (Å²) in [5.41, 5.74) is 0.00935. The van der Waals surface area contributed by atoms with Crippen molar-refractivity contribution in [3.63, 3.8) is 0 Å². The lowest BCUT2D eigenvalue weighted by Gasteiger charge is -2.06. The number of carboxylic acids is 1. The summed E-state index contributed by atoms with van der Waals surface area (Å²) in [4.78, 5) is 33.3. The SMILES string of the molecule is CC(=O)c1cccc(C(=O)O)c1C(C)=O. The zero-order chi connectivity index (χ0) is 11.6. The second-order valence-electron chi connectivity index (χ2n) is 3.15. The van der Waals surface area contributed by atoms with Gasteiger partial charge in [-0.3, -0.25) is 9.59 Å². The van der Waals surface area contributed by atoms with Gasteiger partial charge in [-0.25, -0.2) is 4.79 Å². The Morgan fingerprint density at radius 3 is 1.93 bits per heavy atom. The Bertz CT molecular complexity index is 414. The molecule has 0 bridgehead atoms. The van der Waals surface area contributed by atoms with Gasteiger partial charge in [-0.05, 0) is 19.9 Å². The molecular formula is C11H10O4. The molecule has 0 radical (unpaired) electrons. The minimum atomic E-state index is -1.21. The molecule has 0 aromatic heterocycles. The Morgan fingerprint density at radius 2 is 1.53 bits per heavy atom. The first kappa shape index (κ1) is 11.1. The summed E-state index contributed by atoms with van der Waals surface area (Å²) in [7, 11) is 0. The van der Waals surface area contributed by atoms with Crippen molar-refractivity contribution in [3.05, 3.63) is 34.9 Å². The van der Waals surface area contributed by atoms with E-state index in [2.05, 4.69) is 0 Å². The van der Waals surface area contributed by atoms with Crippen molar-refractivity contribution in [1.82, 2.24) is 0 Å². The predicted octanol–water partition coefficient (Wildman–Crippen LogP) is 1.79. The molecule has 0 unspecified atom stereocenters. The van der Waals surface area contributed by atoms with Gasteiger partial charge < -0.3 is 5.11 Å². The van der Waals surface area contributed by atoms with E-state index in [9.17, 15) is 14.4 Å². The Labute approximate surface area is 86.5 Å². The number of ketones is 2. The van der Waals surface area contributed by atoms with E-state index in [0.717, 1.165) is 0 Å². The first-order valence-corrected chi connectivity index (χ1v) is 4.33. The van der Waals surface area contributed by atoms with Gasteiger partial charge in [-0.15, -0.1) is 0 Å².